The van der Waals surface area contributed by atoms with Crippen LogP contribution < -0.4 is 10.5 Å². The maximum Gasteiger partial charge on any atom is 0.387 e. The smallest absolute Gasteiger partial charge is 0.387 e. The summed E-state index contributed by atoms with van der Waals surface area (Å²) < 4.78 is 41.6. The topological polar surface area (TPSA) is 35.2 Å². The highest BCUT2D eigenvalue weighted by Crippen LogP contribution is 2.33. The maximum absolute atomic E-state index is 13.3. The van der Waals surface area contributed by atoms with Gasteiger partial charge in [-0.15, -0.1) is 11.8 Å². The van der Waals surface area contributed by atoms with E-state index in [0.717, 1.165) is 18.2 Å². The number of nitrogens with two attached hydrogens (primary N) is 1. The van der Waals surface area contributed by atoms with E-state index in [-0.39, 0.29) is 5.69 Å². The molecule has 2 N–H and O–H groups in total. The molecule has 0 aliphatic rings. The number of hydrogen-bond donors (Lipinski definition) is 1. The highest BCUT2D eigenvalue weighted by molar-refractivity contribution is 7.99. The van der Waals surface area contributed by atoms with Crippen molar-refractivity contribution in [3.63, 3.8) is 0 Å². The molecule has 0 radical (unpaired) electrons. The zero-order chi connectivity index (χ0) is 13.7. The third-order valence-corrected chi connectivity index (χ3v) is 3.90. The largest absolute Gasteiger partial charge is 0.432 e. The molecule has 0 bridgehead atoms. The van der Waals surface area contributed by atoms with Gasteiger partial charge in [0.2, 0.25) is 0 Å². The molecule has 1 unspecified atom stereocenters. The van der Waals surface area contributed by atoms with Crippen LogP contribution >= 0.6 is 11.8 Å². The van der Waals surface area contributed by atoms with Crippen LogP contribution in [0.4, 0.5) is 18.9 Å². The molecule has 0 aliphatic heterocycles. The molecule has 18 heavy (non-hydrogen) atoms. The van der Waals surface area contributed by atoms with Gasteiger partial charge in [-0.3, -0.25) is 0 Å². The Kier molecular flexibility index (Phi) is 5.65. The van der Waals surface area contributed by atoms with Gasteiger partial charge in [-0.25, -0.2) is 4.39 Å². The number of ether oxygens (including phenoxy) is 1. The third-order valence-electron chi connectivity index (χ3n) is 2.50. The molecule has 2 nitrogen and oxygen atoms in total. The van der Waals surface area contributed by atoms with Crippen molar-refractivity contribution in [3.8, 4) is 5.75 Å². The van der Waals surface area contributed by atoms with E-state index in [0.29, 0.717) is 10.8 Å². The maximum atomic E-state index is 13.3. The first kappa shape index (κ1) is 15.0. The summed E-state index contributed by atoms with van der Waals surface area (Å²) in [6.45, 7) is 1.09. The molecule has 1 atom stereocenters. The van der Waals surface area contributed by atoms with E-state index in [9.17, 15) is 13.2 Å². The van der Waals surface area contributed by atoms with Crippen LogP contribution in [0.1, 0.15) is 20.3 Å². The first-order valence-electron chi connectivity index (χ1n) is 5.60. The number of nitrogen functional groups attached to an aromatic ring is 1. The fourth-order valence-electron chi connectivity index (χ4n) is 1.21. The van der Waals surface area contributed by atoms with Gasteiger partial charge in [-0.1, -0.05) is 20.3 Å². The lowest BCUT2D eigenvalue weighted by molar-refractivity contribution is -0.0523. The number of halogens is 3. The SMILES string of the molecule is CCC(C)CSc1cc(OC(F)F)c(F)cc1N. The highest BCUT2D eigenvalue weighted by Gasteiger charge is 2.14. The first-order valence-corrected chi connectivity index (χ1v) is 6.59. The average molecular weight is 279 g/mol. The second-order valence-electron chi connectivity index (χ2n) is 4.02. The van der Waals surface area contributed by atoms with Crippen molar-refractivity contribution in [2.75, 3.05) is 11.5 Å². The Morgan fingerprint density at radius 3 is 2.61 bits per heavy atom. The summed E-state index contributed by atoms with van der Waals surface area (Å²) in [7, 11) is 0. The Labute approximate surface area is 109 Å². The number of rotatable bonds is 6. The quantitative estimate of drug-likeness (QED) is 0.627. The van der Waals surface area contributed by atoms with E-state index in [1.165, 1.54) is 17.8 Å². The Hall–Kier alpha value is -1.04. The minimum Gasteiger partial charge on any atom is -0.432 e. The molecule has 0 aromatic heterocycles. The summed E-state index contributed by atoms with van der Waals surface area (Å²) in [4.78, 5) is 0.562. The monoisotopic (exact) mass is 279 g/mol. The third kappa shape index (κ3) is 4.33. The highest BCUT2D eigenvalue weighted by atomic mass is 32.2. The van der Waals surface area contributed by atoms with Crippen molar-refractivity contribution in [2.45, 2.75) is 31.8 Å². The van der Waals surface area contributed by atoms with Crippen molar-refractivity contribution in [3.05, 3.63) is 17.9 Å². The molecule has 1 rings (SSSR count). The van der Waals surface area contributed by atoms with Gasteiger partial charge >= 0.3 is 6.61 Å². The Balaban J connectivity index is 2.84. The summed E-state index contributed by atoms with van der Waals surface area (Å²) in [6.07, 6.45) is 1.01. The van der Waals surface area contributed by atoms with Gasteiger partial charge in [0, 0.05) is 22.4 Å². The van der Waals surface area contributed by atoms with Crippen LogP contribution in [-0.2, 0) is 0 Å². The number of benzene rings is 1. The van der Waals surface area contributed by atoms with Crippen LogP contribution in [0.15, 0.2) is 17.0 Å². The standard InChI is InChI=1S/C12H16F3NOS/c1-3-7(2)6-18-11-5-10(17-12(14)15)8(13)4-9(11)16/h4-5,7,12H,3,6,16H2,1-2H3. The van der Waals surface area contributed by atoms with Gasteiger partial charge in [-0.05, 0) is 12.0 Å². The molecule has 0 amide bonds. The fourth-order valence-corrected chi connectivity index (χ4v) is 2.33. The first-order chi connectivity index (χ1) is 8.43. The van der Waals surface area contributed by atoms with E-state index in [4.69, 9.17) is 5.73 Å². The molecular weight excluding hydrogens is 263 g/mol. The van der Waals surface area contributed by atoms with Crippen LogP contribution in [-0.4, -0.2) is 12.4 Å². The molecule has 0 fully saturated rings. The Morgan fingerprint density at radius 2 is 2.06 bits per heavy atom. The summed E-state index contributed by atoms with van der Waals surface area (Å²) in [5.41, 5.74) is 5.88. The minimum atomic E-state index is -3.05. The predicted octanol–water partition coefficient (Wildman–Crippen LogP) is 4.15. The van der Waals surface area contributed by atoms with Gasteiger partial charge in [0.15, 0.2) is 11.6 Å². The molecule has 0 saturated carbocycles. The average Bonchev–Trinajstić information content (AvgIpc) is 2.30. The number of alkyl halides is 2. The van der Waals surface area contributed by atoms with Crippen molar-refractivity contribution in [2.24, 2.45) is 5.92 Å². The molecule has 1 aromatic carbocycles. The van der Waals surface area contributed by atoms with E-state index in [2.05, 4.69) is 18.6 Å². The summed E-state index contributed by atoms with van der Waals surface area (Å²) >= 11 is 1.41. The van der Waals surface area contributed by atoms with E-state index < -0.39 is 18.2 Å². The second-order valence-corrected chi connectivity index (χ2v) is 5.09. The van der Waals surface area contributed by atoms with Crippen molar-refractivity contribution in [1.29, 1.82) is 0 Å². The van der Waals surface area contributed by atoms with E-state index in [1.807, 2.05) is 0 Å². The van der Waals surface area contributed by atoms with Crippen LogP contribution in [0.25, 0.3) is 0 Å². The zero-order valence-corrected chi connectivity index (χ0v) is 11.1. The normalized spacial score (nSPS) is 12.8. The fraction of sp³-hybridized carbons (Fsp3) is 0.500. The summed E-state index contributed by atoms with van der Waals surface area (Å²) in [5, 5.41) is 0. The molecule has 0 aliphatic carbocycles. The van der Waals surface area contributed by atoms with Gasteiger partial charge in [0.25, 0.3) is 0 Å². The molecule has 0 saturated heterocycles. The second kappa shape index (κ2) is 6.78. The molecule has 0 spiro atoms. The van der Waals surface area contributed by atoms with Crippen molar-refractivity contribution in [1.82, 2.24) is 0 Å². The summed E-state index contributed by atoms with van der Waals surface area (Å²) in [5.74, 6) is -0.0778. The van der Waals surface area contributed by atoms with Gasteiger partial charge in [0.05, 0.1) is 0 Å². The van der Waals surface area contributed by atoms with Gasteiger partial charge < -0.3 is 10.5 Å². The van der Waals surface area contributed by atoms with E-state index >= 15 is 0 Å². The Morgan fingerprint density at radius 1 is 1.39 bits per heavy atom. The van der Waals surface area contributed by atoms with Crippen LogP contribution in [0, 0.1) is 11.7 Å². The lowest BCUT2D eigenvalue weighted by atomic mass is 10.2. The van der Waals surface area contributed by atoms with Crippen LogP contribution in [0.3, 0.4) is 0 Å². The Bertz CT molecular complexity index is 401. The minimum absolute atomic E-state index is 0.238. The van der Waals surface area contributed by atoms with E-state index in [1.54, 1.807) is 0 Å². The molecule has 1 aromatic rings. The lowest BCUT2D eigenvalue weighted by Crippen LogP contribution is -2.05. The molecule has 102 valence electrons. The number of hydrogen-bond acceptors (Lipinski definition) is 3. The summed E-state index contributed by atoms with van der Waals surface area (Å²) in [6, 6.07) is 2.24. The number of anilines is 1. The lowest BCUT2D eigenvalue weighted by Gasteiger charge is -2.12. The van der Waals surface area contributed by atoms with Crippen LogP contribution in [0.5, 0.6) is 5.75 Å². The molecular formula is C12H16F3NOS. The molecule has 6 heteroatoms. The van der Waals surface area contributed by atoms with Gasteiger partial charge in [0.1, 0.15) is 0 Å². The number of thioether (sulfide) groups is 1. The zero-order valence-electron chi connectivity index (χ0n) is 10.3. The molecule has 0 heterocycles. The van der Waals surface area contributed by atoms with Crippen molar-refractivity contribution < 1.29 is 17.9 Å². The van der Waals surface area contributed by atoms with Crippen molar-refractivity contribution >= 4 is 17.4 Å². The van der Waals surface area contributed by atoms with Gasteiger partial charge in [-0.2, -0.15) is 8.78 Å². The predicted molar refractivity (Wildman–Crippen MR) is 67.6 cm³/mol. The van der Waals surface area contributed by atoms with Crippen LogP contribution in [0.2, 0.25) is 0 Å².